The van der Waals surface area contributed by atoms with E-state index in [0.717, 1.165) is 16.3 Å². The summed E-state index contributed by atoms with van der Waals surface area (Å²) in [6.45, 7) is 0. The molecule has 44 heavy (non-hydrogen) atoms. The number of nitrogens with zero attached hydrogens (tertiary/aromatic N) is 2. The van der Waals surface area contributed by atoms with E-state index in [9.17, 15) is 9.18 Å². The van der Waals surface area contributed by atoms with Gasteiger partial charge in [-0.2, -0.15) is 0 Å². The summed E-state index contributed by atoms with van der Waals surface area (Å²) in [5, 5.41) is 8.84. The fourth-order valence-corrected chi connectivity index (χ4v) is 5.15. The highest BCUT2D eigenvalue weighted by Crippen LogP contribution is 2.39. The van der Waals surface area contributed by atoms with Crippen molar-refractivity contribution in [2.45, 2.75) is 0 Å². The number of fused-ring (bicyclic) bond motifs is 2. The van der Waals surface area contributed by atoms with Crippen molar-refractivity contribution >= 4 is 56.4 Å². The van der Waals surface area contributed by atoms with Crippen LogP contribution in [0.15, 0.2) is 91.0 Å². The predicted molar refractivity (Wildman–Crippen MR) is 171 cm³/mol. The first-order valence-electron chi connectivity index (χ1n) is 13.5. The maximum Gasteiger partial charge on any atom is 0.255 e. The minimum absolute atomic E-state index is 0.0269. The Kier molecular flexibility index (Phi) is 7.87. The molecule has 0 unspecified atom stereocenters. The highest BCUT2D eigenvalue weighted by atomic mass is 35.5. The number of nitrogens with one attached hydrogen (secondary N) is 2. The second-order valence-corrected chi connectivity index (χ2v) is 10.2. The number of rotatable bonds is 8. The van der Waals surface area contributed by atoms with Crippen molar-refractivity contribution in [3.05, 3.63) is 107 Å². The standard InChI is InChI=1S/C34H26ClFN4O4/c1-42-29-15-20(16-30(43-2)31(29)44-3)34(41)38-21-12-14-28-25(17-21)33(37-22-11-13-27(36)26(35)18-22)40-32(39-28)24-10-6-8-19-7-4-5-9-23(19)24/h4-18H,1-3H3,(H,38,41)(H,37,39,40). The Balaban J connectivity index is 1.44. The van der Waals surface area contributed by atoms with Crippen molar-refractivity contribution in [1.82, 2.24) is 9.97 Å². The van der Waals surface area contributed by atoms with E-state index < -0.39 is 11.7 Å². The molecule has 6 aromatic rings. The minimum atomic E-state index is -0.530. The van der Waals surface area contributed by atoms with Gasteiger partial charge in [-0.15, -0.1) is 0 Å². The summed E-state index contributed by atoms with van der Waals surface area (Å²) in [4.78, 5) is 23.1. The number of carbonyl (C=O) groups excluding carboxylic acids is 1. The van der Waals surface area contributed by atoms with E-state index in [2.05, 4.69) is 10.6 Å². The molecule has 0 saturated carbocycles. The van der Waals surface area contributed by atoms with Crippen LogP contribution in [0.3, 0.4) is 0 Å². The van der Waals surface area contributed by atoms with E-state index in [0.29, 0.717) is 56.7 Å². The van der Waals surface area contributed by atoms with Gasteiger partial charge in [0.25, 0.3) is 5.91 Å². The summed E-state index contributed by atoms with van der Waals surface area (Å²) < 4.78 is 30.1. The number of hydrogen-bond donors (Lipinski definition) is 2. The molecule has 1 heterocycles. The number of amides is 1. The fraction of sp³-hybridized carbons (Fsp3) is 0.0882. The molecule has 0 atom stereocenters. The summed E-state index contributed by atoms with van der Waals surface area (Å²) in [6.07, 6.45) is 0. The maximum atomic E-state index is 13.9. The molecule has 0 aliphatic rings. The van der Waals surface area contributed by atoms with Crippen LogP contribution < -0.4 is 24.8 Å². The highest BCUT2D eigenvalue weighted by molar-refractivity contribution is 6.31. The largest absolute Gasteiger partial charge is 0.493 e. The highest BCUT2D eigenvalue weighted by Gasteiger charge is 2.18. The van der Waals surface area contributed by atoms with Gasteiger partial charge in [0, 0.05) is 27.9 Å². The average Bonchev–Trinajstić information content (AvgIpc) is 3.05. The molecule has 5 aromatic carbocycles. The van der Waals surface area contributed by atoms with E-state index in [1.165, 1.54) is 33.5 Å². The quantitative estimate of drug-likeness (QED) is 0.180. The zero-order chi connectivity index (χ0) is 30.8. The lowest BCUT2D eigenvalue weighted by Crippen LogP contribution is -2.13. The van der Waals surface area contributed by atoms with E-state index in [1.54, 1.807) is 36.4 Å². The van der Waals surface area contributed by atoms with Gasteiger partial charge in [0.05, 0.1) is 31.9 Å². The lowest BCUT2D eigenvalue weighted by Gasteiger charge is -2.15. The van der Waals surface area contributed by atoms with E-state index in [4.69, 9.17) is 35.8 Å². The Morgan fingerprint density at radius 2 is 1.50 bits per heavy atom. The smallest absolute Gasteiger partial charge is 0.255 e. The molecular weight excluding hydrogens is 583 g/mol. The second-order valence-electron chi connectivity index (χ2n) is 9.78. The summed E-state index contributed by atoms with van der Waals surface area (Å²) in [5.41, 5.74) is 2.82. The van der Waals surface area contributed by atoms with Crippen LogP contribution >= 0.6 is 11.6 Å². The number of aromatic nitrogens is 2. The Morgan fingerprint density at radius 3 is 2.23 bits per heavy atom. The third-order valence-electron chi connectivity index (χ3n) is 7.09. The van der Waals surface area contributed by atoms with Crippen LogP contribution in [-0.4, -0.2) is 37.2 Å². The molecule has 2 N–H and O–H groups in total. The normalized spacial score (nSPS) is 10.9. The number of methoxy groups -OCH3 is 3. The number of halogens is 2. The van der Waals surface area contributed by atoms with E-state index >= 15 is 0 Å². The van der Waals surface area contributed by atoms with Gasteiger partial charge in [-0.05, 0) is 59.3 Å². The Labute approximate surface area is 257 Å². The zero-order valence-corrected chi connectivity index (χ0v) is 24.7. The Morgan fingerprint density at radius 1 is 0.773 bits per heavy atom. The Bertz CT molecular complexity index is 2020. The Hall–Kier alpha value is -5.41. The van der Waals surface area contributed by atoms with Gasteiger partial charge in [-0.3, -0.25) is 4.79 Å². The van der Waals surface area contributed by atoms with E-state index in [-0.39, 0.29) is 5.02 Å². The van der Waals surface area contributed by atoms with Crippen LogP contribution in [-0.2, 0) is 0 Å². The molecule has 0 bridgehead atoms. The van der Waals surface area contributed by atoms with E-state index in [1.807, 2.05) is 42.5 Å². The van der Waals surface area contributed by atoms with Crippen molar-refractivity contribution in [2.24, 2.45) is 0 Å². The van der Waals surface area contributed by atoms with Crippen LogP contribution in [0.2, 0.25) is 5.02 Å². The van der Waals surface area contributed by atoms with Crippen molar-refractivity contribution in [1.29, 1.82) is 0 Å². The molecule has 0 saturated heterocycles. The maximum absolute atomic E-state index is 13.9. The van der Waals surface area contributed by atoms with Crippen molar-refractivity contribution in [3.63, 3.8) is 0 Å². The molecule has 1 aromatic heterocycles. The monoisotopic (exact) mass is 608 g/mol. The molecule has 8 nitrogen and oxygen atoms in total. The molecular formula is C34H26ClFN4O4. The number of benzene rings is 5. The molecule has 0 spiro atoms. The lowest BCUT2D eigenvalue weighted by atomic mass is 10.0. The molecule has 0 radical (unpaired) electrons. The number of anilines is 3. The van der Waals surface area contributed by atoms with Crippen LogP contribution in [0.1, 0.15) is 10.4 Å². The first-order chi connectivity index (χ1) is 21.4. The molecule has 1 amide bonds. The molecule has 6 rings (SSSR count). The zero-order valence-electron chi connectivity index (χ0n) is 23.9. The number of hydrogen-bond acceptors (Lipinski definition) is 7. The van der Waals surface area contributed by atoms with Crippen LogP contribution in [0.4, 0.5) is 21.6 Å². The summed E-state index contributed by atoms with van der Waals surface area (Å²) in [6, 6.07) is 26.8. The van der Waals surface area contributed by atoms with Gasteiger partial charge in [-0.25, -0.2) is 14.4 Å². The molecule has 0 aliphatic carbocycles. The lowest BCUT2D eigenvalue weighted by molar-refractivity contribution is 0.102. The first-order valence-corrected chi connectivity index (χ1v) is 13.9. The summed E-state index contributed by atoms with van der Waals surface area (Å²) >= 11 is 6.07. The van der Waals surface area contributed by atoms with Crippen LogP contribution in [0.25, 0.3) is 33.1 Å². The van der Waals surface area contributed by atoms with Crippen LogP contribution in [0, 0.1) is 5.82 Å². The number of carbonyl (C=O) groups is 1. The fourth-order valence-electron chi connectivity index (χ4n) is 4.97. The third kappa shape index (κ3) is 5.52. The summed E-state index contributed by atoms with van der Waals surface area (Å²) in [7, 11) is 4.46. The second kappa shape index (κ2) is 12.1. The summed E-state index contributed by atoms with van der Waals surface area (Å²) in [5.74, 6) is 1.12. The number of ether oxygens (including phenoxy) is 3. The van der Waals surface area contributed by atoms with Gasteiger partial charge in [0.15, 0.2) is 17.3 Å². The average molecular weight is 609 g/mol. The first kappa shape index (κ1) is 28.7. The predicted octanol–water partition coefficient (Wildman–Crippen LogP) is 8.26. The SMILES string of the molecule is COc1cc(C(=O)Nc2ccc3nc(-c4cccc5ccccc45)nc(Nc4ccc(F)c(Cl)c4)c3c2)cc(OC)c1OC. The van der Waals surface area contributed by atoms with Gasteiger partial charge < -0.3 is 24.8 Å². The minimum Gasteiger partial charge on any atom is -0.493 e. The van der Waals surface area contributed by atoms with Gasteiger partial charge >= 0.3 is 0 Å². The van der Waals surface area contributed by atoms with Gasteiger partial charge in [-0.1, -0.05) is 54.1 Å². The van der Waals surface area contributed by atoms with Gasteiger partial charge in [0.1, 0.15) is 11.6 Å². The van der Waals surface area contributed by atoms with Crippen LogP contribution in [0.5, 0.6) is 17.2 Å². The molecule has 0 aliphatic heterocycles. The van der Waals surface area contributed by atoms with Crippen molar-refractivity contribution in [3.8, 4) is 28.6 Å². The van der Waals surface area contributed by atoms with Crippen molar-refractivity contribution < 1.29 is 23.4 Å². The molecule has 220 valence electrons. The molecule has 0 fully saturated rings. The topological polar surface area (TPSA) is 94.6 Å². The molecule has 10 heteroatoms. The van der Waals surface area contributed by atoms with Crippen molar-refractivity contribution in [2.75, 3.05) is 32.0 Å². The van der Waals surface area contributed by atoms with Gasteiger partial charge in [0.2, 0.25) is 5.75 Å². The third-order valence-corrected chi connectivity index (χ3v) is 7.38.